The Labute approximate surface area is 205 Å². The number of hydrogen-bond donors (Lipinski definition) is 0. The summed E-state index contributed by atoms with van der Waals surface area (Å²) >= 11 is 0. The van der Waals surface area contributed by atoms with E-state index < -0.39 is 5.60 Å². The number of pyridine rings is 1. The molecule has 0 bridgehead atoms. The number of carbonyl (C=O) groups is 1. The van der Waals surface area contributed by atoms with Crippen molar-refractivity contribution in [2.45, 2.75) is 64.3 Å². The number of nitrogens with zero attached hydrogens (tertiary/aromatic N) is 5. The third-order valence-electron chi connectivity index (χ3n) is 6.78. The van der Waals surface area contributed by atoms with Crippen LogP contribution >= 0.6 is 0 Å². The largest absolute Gasteiger partial charge is 0.472 e. The molecule has 4 heterocycles. The second kappa shape index (κ2) is 8.29. The van der Waals surface area contributed by atoms with Crippen molar-refractivity contribution in [3.8, 4) is 22.7 Å². The van der Waals surface area contributed by atoms with Gasteiger partial charge in [0.25, 0.3) is 0 Å². The molecule has 1 unspecified atom stereocenters. The van der Waals surface area contributed by atoms with E-state index >= 15 is 0 Å². The number of anilines is 1. The topological polar surface area (TPSA) is 72.7 Å². The summed E-state index contributed by atoms with van der Waals surface area (Å²) < 4.78 is 13.7. The van der Waals surface area contributed by atoms with Gasteiger partial charge in [0.15, 0.2) is 0 Å². The summed E-state index contributed by atoms with van der Waals surface area (Å²) in [6.07, 6.45) is 6.54. The predicted molar refractivity (Wildman–Crippen MR) is 133 cm³/mol. The van der Waals surface area contributed by atoms with Crippen molar-refractivity contribution in [2.75, 3.05) is 18.0 Å². The van der Waals surface area contributed by atoms with Crippen LogP contribution in [0.3, 0.4) is 0 Å². The Bertz CT molecular complexity index is 1250. The van der Waals surface area contributed by atoms with Crippen LogP contribution in [0, 0.1) is 0 Å². The molecule has 0 N–H and O–H groups in total. The minimum absolute atomic E-state index is 0.137. The molecule has 8 nitrogen and oxygen atoms in total. The van der Waals surface area contributed by atoms with E-state index in [-0.39, 0.29) is 12.1 Å². The summed E-state index contributed by atoms with van der Waals surface area (Å²) in [5.41, 5.74) is 3.80. The fourth-order valence-electron chi connectivity index (χ4n) is 5.03. The van der Waals surface area contributed by atoms with Gasteiger partial charge in [-0.15, -0.1) is 0 Å². The molecule has 182 valence electrons. The van der Waals surface area contributed by atoms with Crippen molar-refractivity contribution < 1.29 is 14.3 Å². The number of hydrogen-bond acceptors (Lipinski definition) is 6. The fraction of sp³-hybridized carbons (Fsp3) is 0.444. The van der Waals surface area contributed by atoms with Crippen molar-refractivity contribution in [3.05, 3.63) is 54.4 Å². The Morgan fingerprint density at radius 2 is 1.94 bits per heavy atom. The first-order valence-corrected chi connectivity index (χ1v) is 12.4. The summed E-state index contributed by atoms with van der Waals surface area (Å²) in [5, 5.41) is 4.32. The van der Waals surface area contributed by atoms with E-state index in [1.165, 1.54) is 0 Å². The second-order valence-corrected chi connectivity index (χ2v) is 10.6. The standard InChI is InChI=1S/C27H31N5O3/c1-27(2,3)35-26(33)32(19-5-6-19)21-11-14-30(16-21)24-10-9-23-22-8-7-20(31-13-4-12-28-31)15-18(22)17-34-25(23)29-24/h4,7-10,12-13,15,19,21H,5-6,11,14,16-17H2,1-3H3. The summed E-state index contributed by atoms with van der Waals surface area (Å²) in [6.45, 7) is 7.85. The maximum Gasteiger partial charge on any atom is 0.410 e. The minimum atomic E-state index is -0.491. The number of carbonyl (C=O) groups excluding carboxylic acids is 1. The van der Waals surface area contributed by atoms with Crippen LogP contribution in [0.5, 0.6) is 5.88 Å². The van der Waals surface area contributed by atoms with Crippen LogP contribution in [-0.2, 0) is 11.3 Å². The van der Waals surface area contributed by atoms with Crippen LogP contribution in [0.15, 0.2) is 48.8 Å². The minimum Gasteiger partial charge on any atom is -0.472 e. The van der Waals surface area contributed by atoms with Gasteiger partial charge in [0.2, 0.25) is 5.88 Å². The first-order valence-electron chi connectivity index (χ1n) is 12.4. The third-order valence-corrected chi connectivity index (χ3v) is 6.78. The zero-order valence-corrected chi connectivity index (χ0v) is 20.5. The van der Waals surface area contributed by atoms with Crippen molar-refractivity contribution >= 4 is 11.9 Å². The highest BCUT2D eigenvalue weighted by molar-refractivity contribution is 5.76. The molecule has 1 amide bonds. The maximum atomic E-state index is 12.9. The third kappa shape index (κ3) is 4.33. The molecule has 35 heavy (non-hydrogen) atoms. The number of fused-ring (bicyclic) bond motifs is 3. The van der Waals surface area contributed by atoms with Gasteiger partial charge >= 0.3 is 6.09 Å². The van der Waals surface area contributed by atoms with Gasteiger partial charge < -0.3 is 19.3 Å². The van der Waals surface area contributed by atoms with E-state index in [0.717, 1.165) is 60.5 Å². The molecule has 1 saturated heterocycles. The van der Waals surface area contributed by atoms with Gasteiger partial charge in [-0.2, -0.15) is 10.1 Å². The summed E-state index contributed by atoms with van der Waals surface area (Å²) in [4.78, 5) is 22.0. The van der Waals surface area contributed by atoms with Gasteiger partial charge in [-0.05, 0) is 81.5 Å². The highest BCUT2D eigenvalue weighted by Crippen LogP contribution is 2.39. The normalized spacial score (nSPS) is 19.1. The van der Waals surface area contributed by atoms with Crippen LogP contribution in [0.2, 0.25) is 0 Å². The maximum absolute atomic E-state index is 12.9. The smallest absolute Gasteiger partial charge is 0.410 e. The lowest BCUT2D eigenvalue weighted by Crippen LogP contribution is -2.46. The lowest BCUT2D eigenvalue weighted by molar-refractivity contribution is 0.0158. The second-order valence-electron chi connectivity index (χ2n) is 10.6. The Hall–Kier alpha value is -3.55. The summed E-state index contributed by atoms with van der Waals surface area (Å²) in [7, 11) is 0. The molecule has 2 aromatic heterocycles. The van der Waals surface area contributed by atoms with Crippen LogP contribution in [0.25, 0.3) is 16.8 Å². The molecular weight excluding hydrogens is 442 g/mol. The fourth-order valence-corrected chi connectivity index (χ4v) is 5.03. The highest BCUT2D eigenvalue weighted by Gasteiger charge is 2.42. The van der Waals surface area contributed by atoms with E-state index in [1.807, 2.05) is 42.6 Å². The molecule has 2 fully saturated rings. The number of aromatic nitrogens is 3. The van der Waals surface area contributed by atoms with E-state index in [9.17, 15) is 4.79 Å². The van der Waals surface area contributed by atoms with Gasteiger partial charge in [0, 0.05) is 37.1 Å². The molecule has 1 saturated carbocycles. The van der Waals surface area contributed by atoms with Crippen LogP contribution in [-0.4, -0.2) is 56.5 Å². The van der Waals surface area contributed by atoms with E-state index in [4.69, 9.17) is 14.5 Å². The predicted octanol–water partition coefficient (Wildman–Crippen LogP) is 4.80. The van der Waals surface area contributed by atoms with Crippen LogP contribution in [0.4, 0.5) is 10.6 Å². The molecule has 0 spiro atoms. The van der Waals surface area contributed by atoms with E-state index in [0.29, 0.717) is 18.5 Å². The average molecular weight is 474 g/mol. The Morgan fingerprint density at radius 3 is 2.69 bits per heavy atom. The van der Waals surface area contributed by atoms with Crippen molar-refractivity contribution in [2.24, 2.45) is 0 Å². The van der Waals surface area contributed by atoms with E-state index in [2.05, 4.69) is 40.3 Å². The molecule has 3 aromatic rings. The van der Waals surface area contributed by atoms with Crippen LogP contribution in [0.1, 0.15) is 45.6 Å². The number of benzene rings is 1. The van der Waals surface area contributed by atoms with Gasteiger partial charge in [0.1, 0.15) is 18.0 Å². The van der Waals surface area contributed by atoms with Crippen molar-refractivity contribution in [1.29, 1.82) is 0 Å². The summed E-state index contributed by atoms with van der Waals surface area (Å²) in [6, 6.07) is 12.8. The van der Waals surface area contributed by atoms with Crippen molar-refractivity contribution in [3.63, 3.8) is 0 Å². The molecule has 8 heteroatoms. The Morgan fingerprint density at radius 1 is 1.11 bits per heavy atom. The Kier molecular flexibility index (Phi) is 5.20. The molecule has 3 aliphatic rings. The first kappa shape index (κ1) is 21.9. The average Bonchev–Trinajstić information content (AvgIpc) is 3.29. The molecule has 1 atom stereocenters. The quantitative estimate of drug-likeness (QED) is 0.542. The molecule has 1 aliphatic carbocycles. The lowest BCUT2D eigenvalue weighted by atomic mass is 9.98. The monoisotopic (exact) mass is 473 g/mol. The van der Waals surface area contributed by atoms with Crippen molar-refractivity contribution in [1.82, 2.24) is 19.7 Å². The molecule has 2 aliphatic heterocycles. The zero-order chi connectivity index (χ0) is 24.2. The van der Waals surface area contributed by atoms with Gasteiger partial charge in [-0.25, -0.2) is 9.48 Å². The van der Waals surface area contributed by atoms with Crippen LogP contribution < -0.4 is 9.64 Å². The number of ether oxygens (including phenoxy) is 2. The van der Waals surface area contributed by atoms with Gasteiger partial charge in [0.05, 0.1) is 11.7 Å². The molecule has 1 aromatic carbocycles. The number of amides is 1. The van der Waals surface area contributed by atoms with E-state index in [1.54, 1.807) is 6.20 Å². The number of rotatable bonds is 4. The summed E-state index contributed by atoms with van der Waals surface area (Å²) in [5.74, 6) is 1.55. The van der Waals surface area contributed by atoms with Gasteiger partial charge in [-0.1, -0.05) is 6.07 Å². The first-order chi connectivity index (χ1) is 16.9. The Balaban J connectivity index is 1.20. The SMILES string of the molecule is CC(C)(C)OC(=O)N(C1CC1)C1CCN(c2ccc3c(n2)OCc2cc(-n4cccn4)ccc2-3)C1. The molecule has 6 rings (SSSR count). The molecule has 0 radical (unpaired) electrons. The zero-order valence-electron chi connectivity index (χ0n) is 20.5. The molecular formula is C27H31N5O3. The lowest BCUT2D eigenvalue weighted by Gasteiger charge is -2.32. The highest BCUT2D eigenvalue weighted by atomic mass is 16.6. The van der Waals surface area contributed by atoms with Gasteiger partial charge in [-0.3, -0.25) is 0 Å².